The van der Waals surface area contributed by atoms with E-state index in [1.807, 2.05) is 0 Å². The molecule has 4 nitrogen and oxygen atoms in total. The molecule has 0 aromatic heterocycles. The van der Waals surface area contributed by atoms with Crippen LogP contribution in [0.5, 0.6) is 0 Å². The van der Waals surface area contributed by atoms with E-state index in [9.17, 15) is 8.42 Å². The van der Waals surface area contributed by atoms with Crippen LogP contribution in [0.3, 0.4) is 0 Å². The van der Waals surface area contributed by atoms with E-state index in [0.29, 0.717) is 12.8 Å². The van der Waals surface area contributed by atoms with E-state index in [0.717, 1.165) is 0 Å². The van der Waals surface area contributed by atoms with E-state index in [2.05, 4.69) is 0 Å². The van der Waals surface area contributed by atoms with Crippen molar-refractivity contribution in [2.75, 3.05) is 14.2 Å². The minimum absolute atomic E-state index is 0.443. The van der Waals surface area contributed by atoms with Gasteiger partial charge in [-0.25, -0.2) is 8.42 Å². The van der Waals surface area contributed by atoms with Crippen molar-refractivity contribution in [3.05, 3.63) is 0 Å². The summed E-state index contributed by atoms with van der Waals surface area (Å²) in [5, 5.41) is 0. The first kappa shape index (κ1) is 12.9. The Morgan fingerprint density at radius 1 is 1.00 bits per heavy atom. The van der Waals surface area contributed by atoms with E-state index < -0.39 is 20.7 Å². The van der Waals surface area contributed by atoms with Crippen LogP contribution in [-0.2, 0) is 19.3 Å². The largest absolute Gasteiger partial charge is 0.365 e. The maximum atomic E-state index is 11.7. The molecule has 80 valence electrons. The molecule has 0 amide bonds. The second-order valence-electron chi connectivity index (χ2n) is 2.74. The highest BCUT2D eigenvalue weighted by atomic mass is 32.2. The first-order valence-electron chi connectivity index (χ1n) is 4.32. The molecule has 0 aromatic carbocycles. The quantitative estimate of drug-likeness (QED) is 0.660. The predicted octanol–water partition coefficient (Wildman–Crippen LogP) is 1.17. The average Bonchev–Trinajstić information content (AvgIpc) is 2.07. The summed E-state index contributed by atoms with van der Waals surface area (Å²) in [5.74, 6) is 0. The lowest BCUT2D eigenvalue weighted by atomic mass is 10.5. The van der Waals surface area contributed by atoms with Crippen LogP contribution in [0.25, 0.3) is 0 Å². The number of rotatable bonds is 6. The fraction of sp³-hybridized carbons (Fsp3) is 1.00. The van der Waals surface area contributed by atoms with E-state index in [1.54, 1.807) is 13.8 Å². The Kier molecular flexibility index (Phi) is 5.51. The summed E-state index contributed by atoms with van der Waals surface area (Å²) >= 11 is 0. The third-order valence-electron chi connectivity index (χ3n) is 1.93. The first-order valence-corrected chi connectivity index (χ1v) is 5.93. The molecule has 0 heterocycles. The Labute approximate surface area is 80.1 Å². The standard InChI is InChI=1S/C8H18O4S/c1-5-7(11-3)13(9,10)8(6-2)12-4/h7-8H,5-6H2,1-4H3. The zero-order valence-electron chi connectivity index (χ0n) is 8.61. The van der Waals surface area contributed by atoms with Crippen molar-refractivity contribution in [2.24, 2.45) is 0 Å². The summed E-state index contributed by atoms with van der Waals surface area (Å²) in [6.45, 7) is 3.54. The van der Waals surface area contributed by atoms with Crippen LogP contribution >= 0.6 is 0 Å². The fourth-order valence-electron chi connectivity index (χ4n) is 1.24. The van der Waals surface area contributed by atoms with Gasteiger partial charge >= 0.3 is 0 Å². The molecule has 0 aromatic rings. The van der Waals surface area contributed by atoms with Crippen LogP contribution in [0, 0.1) is 0 Å². The summed E-state index contributed by atoms with van der Waals surface area (Å²) in [6, 6.07) is 0. The highest BCUT2D eigenvalue weighted by molar-refractivity contribution is 7.92. The van der Waals surface area contributed by atoms with Crippen LogP contribution < -0.4 is 0 Å². The topological polar surface area (TPSA) is 52.6 Å². The minimum Gasteiger partial charge on any atom is -0.365 e. The monoisotopic (exact) mass is 210 g/mol. The van der Waals surface area contributed by atoms with Gasteiger partial charge in [0.25, 0.3) is 0 Å². The Morgan fingerprint density at radius 2 is 1.31 bits per heavy atom. The molecule has 0 aliphatic carbocycles. The van der Waals surface area contributed by atoms with E-state index in [1.165, 1.54) is 14.2 Å². The molecule has 0 aliphatic heterocycles. The molecule has 0 spiro atoms. The van der Waals surface area contributed by atoms with Gasteiger partial charge < -0.3 is 9.47 Å². The lowest BCUT2D eigenvalue weighted by Gasteiger charge is -2.20. The molecule has 0 radical (unpaired) electrons. The molecule has 13 heavy (non-hydrogen) atoms. The fourth-order valence-corrected chi connectivity index (χ4v) is 3.04. The zero-order valence-corrected chi connectivity index (χ0v) is 9.43. The van der Waals surface area contributed by atoms with Crippen LogP contribution in [0.1, 0.15) is 26.7 Å². The number of methoxy groups -OCH3 is 2. The van der Waals surface area contributed by atoms with Gasteiger partial charge in [0.2, 0.25) is 9.84 Å². The maximum Gasteiger partial charge on any atom is 0.203 e. The van der Waals surface area contributed by atoms with Gasteiger partial charge in [0.15, 0.2) is 10.9 Å². The molecule has 5 heteroatoms. The molecule has 2 unspecified atom stereocenters. The molecule has 0 rings (SSSR count). The van der Waals surface area contributed by atoms with Gasteiger partial charge in [0.05, 0.1) is 0 Å². The molecular formula is C8H18O4S. The van der Waals surface area contributed by atoms with Crippen molar-refractivity contribution in [1.82, 2.24) is 0 Å². The molecular weight excluding hydrogens is 192 g/mol. The number of hydrogen-bond donors (Lipinski definition) is 0. The predicted molar refractivity (Wildman–Crippen MR) is 51.1 cm³/mol. The lowest BCUT2D eigenvalue weighted by Crippen LogP contribution is -2.33. The SMILES string of the molecule is CCC(OC)S(=O)(=O)C(CC)OC. The zero-order chi connectivity index (χ0) is 10.5. The molecule has 0 saturated carbocycles. The Morgan fingerprint density at radius 3 is 1.46 bits per heavy atom. The van der Waals surface area contributed by atoms with Gasteiger partial charge in [-0.15, -0.1) is 0 Å². The van der Waals surface area contributed by atoms with E-state index in [4.69, 9.17) is 9.47 Å². The smallest absolute Gasteiger partial charge is 0.203 e. The molecule has 0 fully saturated rings. The van der Waals surface area contributed by atoms with Gasteiger partial charge in [-0.05, 0) is 12.8 Å². The third kappa shape index (κ3) is 2.93. The average molecular weight is 210 g/mol. The summed E-state index contributed by atoms with van der Waals surface area (Å²) in [4.78, 5) is 0. The van der Waals surface area contributed by atoms with Gasteiger partial charge in [-0.1, -0.05) is 13.8 Å². The highest BCUT2D eigenvalue weighted by Crippen LogP contribution is 2.16. The highest BCUT2D eigenvalue weighted by Gasteiger charge is 2.31. The summed E-state index contributed by atoms with van der Waals surface area (Å²) < 4.78 is 33.2. The normalized spacial score (nSPS) is 16.9. The van der Waals surface area contributed by atoms with Crippen molar-refractivity contribution < 1.29 is 17.9 Å². The Hall–Kier alpha value is -0.130. The molecule has 0 N–H and O–H groups in total. The van der Waals surface area contributed by atoms with Gasteiger partial charge in [0.1, 0.15) is 0 Å². The van der Waals surface area contributed by atoms with Crippen LogP contribution in [0.4, 0.5) is 0 Å². The molecule has 0 aliphatic rings. The molecule has 2 atom stereocenters. The van der Waals surface area contributed by atoms with Gasteiger partial charge in [-0.2, -0.15) is 0 Å². The van der Waals surface area contributed by atoms with Crippen molar-refractivity contribution in [3.63, 3.8) is 0 Å². The summed E-state index contributed by atoms with van der Waals surface area (Å²) in [6.07, 6.45) is 0.886. The Balaban J connectivity index is 4.71. The van der Waals surface area contributed by atoms with Crippen LogP contribution in [0.15, 0.2) is 0 Å². The second kappa shape index (κ2) is 5.57. The van der Waals surface area contributed by atoms with Gasteiger partial charge in [-0.3, -0.25) is 0 Å². The maximum absolute atomic E-state index is 11.7. The van der Waals surface area contributed by atoms with Crippen LogP contribution in [-0.4, -0.2) is 33.5 Å². The van der Waals surface area contributed by atoms with Gasteiger partial charge in [0, 0.05) is 14.2 Å². The lowest BCUT2D eigenvalue weighted by molar-refractivity contribution is 0.129. The number of ether oxygens (including phenoxy) is 2. The third-order valence-corrected chi connectivity index (χ3v) is 4.44. The minimum atomic E-state index is -3.31. The van der Waals surface area contributed by atoms with Crippen LogP contribution in [0.2, 0.25) is 0 Å². The second-order valence-corrected chi connectivity index (χ2v) is 4.97. The van der Waals surface area contributed by atoms with Crippen molar-refractivity contribution in [2.45, 2.75) is 37.6 Å². The number of hydrogen-bond acceptors (Lipinski definition) is 4. The van der Waals surface area contributed by atoms with E-state index in [-0.39, 0.29) is 0 Å². The molecule has 0 bridgehead atoms. The van der Waals surface area contributed by atoms with Crippen molar-refractivity contribution in [3.8, 4) is 0 Å². The number of sulfone groups is 1. The van der Waals surface area contributed by atoms with E-state index >= 15 is 0 Å². The van der Waals surface area contributed by atoms with Crippen molar-refractivity contribution in [1.29, 1.82) is 0 Å². The summed E-state index contributed by atoms with van der Waals surface area (Å²) in [5.41, 5.74) is -1.50. The molecule has 0 saturated heterocycles. The first-order chi connectivity index (χ1) is 6.04. The Bertz CT molecular complexity index is 196. The summed E-state index contributed by atoms with van der Waals surface area (Å²) in [7, 11) is -0.514. The van der Waals surface area contributed by atoms with Crippen molar-refractivity contribution >= 4 is 9.84 Å².